The van der Waals surface area contributed by atoms with Gasteiger partial charge in [-0.15, -0.1) is 0 Å². The highest BCUT2D eigenvalue weighted by molar-refractivity contribution is 5.35. The van der Waals surface area contributed by atoms with Gasteiger partial charge in [0.2, 0.25) is 0 Å². The van der Waals surface area contributed by atoms with Crippen LogP contribution in [0, 0.1) is 0 Å². The first-order valence-corrected chi connectivity index (χ1v) is 6.61. The zero-order chi connectivity index (χ0) is 13.5. The van der Waals surface area contributed by atoms with Crippen molar-refractivity contribution in [3.8, 4) is 5.75 Å². The van der Waals surface area contributed by atoms with E-state index in [1.54, 1.807) is 6.20 Å². The fourth-order valence-corrected chi connectivity index (χ4v) is 2.03. The Morgan fingerprint density at radius 1 is 1.16 bits per heavy atom. The lowest BCUT2D eigenvalue weighted by Gasteiger charge is -2.15. The van der Waals surface area contributed by atoms with Crippen molar-refractivity contribution in [3.63, 3.8) is 0 Å². The van der Waals surface area contributed by atoms with Gasteiger partial charge in [-0.05, 0) is 38.0 Å². The Morgan fingerprint density at radius 3 is 2.68 bits per heavy atom. The van der Waals surface area contributed by atoms with Crippen molar-refractivity contribution in [2.24, 2.45) is 0 Å². The molecule has 1 unspecified atom stereocenters. The lowest BCUT2D eigenvalue weighted by Crippen LogP contribution is -2.04. The number of aromatic nitrogens is 1. The van der Waals surface area contributed by atoms with Gasteiger partial charge in [-0.3, -0.25) is 4.98 Å². The molecule has 1 N–H and O–H groups in total. The van der Waals surface area contributed by atoms with Crippen LogP contribution in [0.2, 0.25) is 0 Å². The molecule has 100 valence electrons. The number of aliphatic hydroxyl groups is 1. The fraction of sp³-hybridized carbons (Fsp3) is 0.312. The Morgan fingerprint density at radius 2 is 1.95 bits per heavy atom. The van der Waals surface area contributed by atoms with E-state index in [0.29, 0.717) is 13.0 Å². The summed E-state index contributed by atoms with van der Waals surface area (Å²) in [6.45, 7) is 2.54. The third kappa shape index (κ3) is 3.80. The van der Waals surface area contributed by atoms with Crippen LogP contribution in [-0.2, 0) is 6.42 Å². The molecule has 0 radical (unpaired) electrons. The van der Waals surface area contributed by atoms with Gasteiger partial charge in [0.05, 0.1) is 12.7 Å². The minimum Gasteiger partial charge on any atom is -0.493 e. The molecule has 3 nitrogen and oxygen atoms in total. The molecule has 0 fully saturated rings. The molecule has 1 aromatic heterocycles. The van der Waals surface area contributed by atoms with E-state index < -0.39 is 6.10 Å². The number of aryl methyl sites for hydroxylation is 1. The first kappa shape index (κ1) is 13.6. The van der Waals surface area contributed by atoms with E-state index in [9.17, 15) is 5.11 Å². The average Bonchev–Trinajstić information content (AvgIpc) is 2.47. The summed E-state index contributed by atoms with van der Waals surface area (Å²) in [6.07, 6.45) is 2.64. The van der Waals surface area contributed by atoms with Crippen molar-refractivity contribution in [1.29, 1.82) is 0 Å². The van der Waals surface area contributed by atoms with Gasteiger partial charge in [-0.2, -0.15) is 0 Å². The van der Waals surface area contributed by atoms with Crippen molar-refractivity contribution in [2.75, 3.05) is 6.61 Å². The summed E-state index contributed by atoms with van der Waals surface area (Å²) in [4.78, 5) is 4.26. The highest BCUT2D eigenvalue weighted by Crippen LogP contribution is 2.27. The van der Waals surface area contributed by atoms with Gasteiger partial charge in [-0.25, -0.2) is 0 Å². The SMILES string of the molecule is CCOc1ccccc1C(O)CCc1ccccn1. The maximum absolute atomic E-state index is 10.3. The summed E-state index contributed by atoms with van der Waals surface area (Å²) < 4.78 is 5.53. The molecule has 1 heterocycles. The molecule has 0 saturated heterocycles. The minimum atomic E-state index is -0.523. The summed E-state index contributed by atoms with van der Waals surface area (Å²) in [5.74, 6) is 0.763. The van der Waals surface area contributed by atoms with E-state index in [1.165, 1.54) is 0 Å². The van der Waals surface area contributed by atoms with Crippen LogP contribution < -0.4 is 4.74 Å². The predicted octanol–water partition coefficient (Wildman–Crippen LogP) is 3.15. The van der Waals surface area contributed by atoms with Crippen molar-refractivity contribution in [2.45, 2.75) is 25.9 Å². The summed E-state index contributed by atoms with van der Waals surface area (Å²) in [7, 11) is 0. The molecule has 0 bridgehead atoms. The third-order valence-electron chi connectivity index (χ3n) is 2.98. The summed E-state index contributed by atoms with van der Waals surface area (Å²) in [5, 5.41) is 10.3. The van der Waals surface area contributed by atoms with Crippen LogP contribution in [0.25, 0.3) is 0 Å². The number of ether oxygens (including phenoxy) is 1. The van der Waals surface area contributed by atoms with E-state index in [4.69, 9.17) is 4.74 Å². The molecule has 2 aromatic rings. The first-order valence-electron chi connectivity index (χ1n) is 6.61. The van der Waals surface area contributed by atoms with Gasteiger partial charge in [0, 0.05) is 17.5 Å². The number of aliphatic hydroxyl groups excluding tert-OH is 1. The topological polar surface area (TPSA) is 42.4 Å². The monoisotopic (exact) mass is 257 g/mol. The number of hydrogen-bond donors (Lipinski definition) is 1. The van der Waals surface area contributed by atoms with E-state index in [0.717, 1.165) is 23.4 Å². The number of benzene rings is 1. The standard InChI is InChI=1S/C16H19NO2/c1-2-19-16-9-4-3-8-14(16)15(18)11-10-13-7-5-6-12-17-13/h3-9,12,15,18H,2,10-11H2,1H3. The van der Waals surface area contributed by atoms with Gasteiger partial charge in [-0.1, -0.05) is 24.3 Å². The Labute approximate surface area is 113 Å². The largest absolute Gasteiger partial charge is 0.493 e. The van der Waals surface area contributed by atoms with Crippen LogP contribution in [-0.4, -0.2) is 16.7 Å². The van der Waals surface area contributed by atoms with Crippen molar-refractivity contribution < 1.29 is 9.84 Å². The van der Waals surface area contributed by atoms with Crippen molar-refractivity contribution in [1.82, 2.24) is 4.98 Å². The number of para-hydroxylation sites is 1. The molecule has 19 heavy (non-hydrogen) atoms. The smallest absolute Gasteiger partial charge is 0.125 e. The van der Waals surface area contributed by atoms with Crippen LogP contribution in [0.4, 0.5) is 0 Å². The van der Waals surface area contributed by atoms with Crippen molar-refractivity contribution in [3.05, 3.63) is 59.9 Å². The fourth-order valence-electron chi connectivity index (χ4n) is 2.03. The molecular weight excluding hydrogens is 238 g/mol. The number of nitrogens with zero attached hydrogens (tertiary/aromatic N) is 1. The minimum absolute atomic E-state index is 0.523. The van der Waals surface area contributed by atoms with Crippen LogP contribution in [0.15, 0.2) is 48.7 Å². The second-order valence-corrected chi connectivity index (χ2v) is 4.35. The number of hydrogen-bond acceptors (Lipinski definition) is 3. The van der Waals surface area contributed by atoms with Crippen molar-refractivity contribution >= 4 is 0 Å². The molecule has 0 saturated carbocycles. The van der Waals surface area contributed by atoms with Crippen LogP contribution >= 0.6 is 0 Å². The summed E-state index contributed by atoms with van der Waals surface area (Å²) >= 11 is 0. The zero-order valence-electron chi connectivity index (χ0n) is 11.1. The van der Waals surface area contributed by atoms with Crippen LogP contribution in [0.3, 0.4) is 0 Å². The summed E-state index contributed by atoms with van der Waals surface area (Å²) in [5.41, 5.74) is 1.84. The average molecular weight is 257 g/mol. The predicted molar refractivity (Wildman–Crippen MR) is 75.1 cm³/mol. The highest BCUT2D eigenvalue weighted by Gasteiger charge is 2.13. The van der Waals surface area contributed by atoms with E-state index in [2.05, 4.69) is 4.98 Å². The summed E-state index contributed by atoms with van der Waals surface area (Å²) in [6, 6.07) is 13.5. The maximum Gasteiger partial charge on any atom is 0.125 e. The molecule has 1 aromatic carbocycles. The van der Waals surface area contributed by atoms with Crippen LogP contribution in [0.5, 0.6) is 5.75 Å². The van der Waals surface area contributed by atoms with E-state index in [-0.39, 0.29) is 0 Å². The van der Waals surface area contributed by atoms with E-state index >= 15 is 0 Å². The Bertz CT molecular complexity index is 499. The van der Waals surface area contributed by atoms with Crippen LogP contribution in [0.1, 0.15) is 30.7 Å². The molecule has 0 spiro atoms. The second kappa shape index (κ2) is 6.90. The second-order valence-electron chi connectivity index (χ2n) is 4.35. The molecular formula is C16H19NO2. The Balaban J connectivity index is 2.01. The zero-order valence-corrected chi connectivity index (χ0v) is 11.1. The van der Waals surface area contributed by atoms with Gasteiger partial charge >= 0.3 is 0 Å². The molecule has 1 atom stereocenters. The number of rotatable bonds is 6. The maximum atomic E-state index is 10.3. The van der Waals surface area contributed by atoms with Gasteiger partial charge in [0.25, 0.3) is 0 Å². The molecule has 2 rings (SSSR count). The van der Waals surface area contributed by atoms with Gasteiger partial charge in [0.15, 0.2) is 0 Å². The normalized spacial score (nSPS) is 12.1. The van der Waals surface area contributed by atoms with Gasteiger partial charge in [0.1, 0.15) is 5.75 Å². The molecule has 0 aliphatic heterocycles. The lowest BCUT2D eigenvalue weighted by atomic mass is 10.0. The Hall–Kier alpha value is -1.87. The molecule has 3 heteroatoms. The first-order chi connectivity index (χ1) is 9.31. The highest BCUT2D eigenvalue weighted by atomic mass is 16.5. The lowest BCUT2D eigenvalue weighted by molar-refractivity contribution is 0.162. The number of pyridine rings is 1. The molecule has 0 aliphatic rings. The molecule has 0 amide bonds. The van der Waals surface area contributed by atoms with E-state index in [1.807, 2.05) is 49.4 Å². The quantitative estimate of drug-likeness (QED) is 0.864. The Kier molecular flexibility index (Phi) is 4.93. The molecule has 0 aliphatic carbocycles. The van der Waals surface area contributed by atoms with Gasteiger partial charge < -0.3 is 9.84 Å². The third-order valence-corrected chi connectivity index (χ3v) is 2.98.